The number of carbonyl (C=O) groups is 2. The van der Waals surface area contributed by atoms with Crippen LogP contribution in [0.1, 0.15) is 15.9 Å². The number of nitrogens with zero attached hydrogens (tertiary/aromatic N) is 2. The molecule has 3 rings (SSSR count). The van der Waals surface area contributed by atoms with Crippen molar-refractivity contribution in [2.75, 3.05) is 6.54 Å². The van der Waals surface area contributed by atoms with Gasteiger partial charge in [-0.1, -0.05) is 28.1 Å². The number of aromatic nitrogens is 2. The van der Waals surface area contributed by atoms with Gasteiger partial charge in [0.05, 0.1) is 11.9 Å². The second kappa shape index (κ2) is 7.58. The maximum atomic E-state index is 12.9. The highest BCUT2D eigenvalue weighted by Crippen LogP contribution is 2.25. The van der Waals surface area contributed by atoms with E-state index in [9.17, 15) is 19.5 Å². The van der Waals surface area contributed by atoms with Crippen molar-refractivity contribution in [1.29, 1.82) is 0 Å². The number of carboxylic acids is 1. The maximum absolute atomic E-state index is 12.9. The van der Waals surface area contributed by atoms with E-state index in [1.807, 2.05) is 24.3 Å². The first-order chi connectivity index (χ1) is 12.9. The molecule has 2 heterocycles. The SMILES string of the molecule is O=C(O)CNC(=O)c1c(O)c2cccnc2n(Cc2ccc(Br)cc2)c1=O. The molecule has 0 bridgehead atoms. The summed E-state index contributed by atoms with van der Waals surface area (Å²) in [5.74, 6) is -2.76. The average Bonchev–Trinajstić information content (AvgIpc) is 2.65. The highest BCUT2D eigenvalue weighted by Gasteiger charge is 2.23. The Labute approximate surface area is 161 Å². The lowest BCUT2D eigenvalue weighted by atomic mass is 10.1. The van der Waals surface area contributed by atoms with Gasteiger partial charge >= 0.3 is 5.97 Å². The number of benzene rings is 1. The van der Waals surface area contributed by atoms with Crippen LogP contribution in [-0.2, 0) is 11.3 Å². The van der Waals surface area contributed by atoms with E-state index in [4.69, 9.17) is 5.11 Å². The van der Waals surface area contributed by atoms with Crippen LogP contribution >= 0.6 is 15.9 Å². The number of hydrogen-bond acceptors (Lipinski definition) is 5. The number of aromatic hydroxyl groups is 1. The van der Waals surface area contributed by atoms with Crippen molar-refractivity contribution in [3.8, 4) is 5.75 Å². The molecule has 0 aliphatic heterocycles. The van der Waals surface area contributed by atoms with Crippen LogP contribution < -0.4 is 10.9 Å². The molecule has 0 atom stereocenters. The van der Waals surface area contributed by atoms with Crippen molar-refractivity contribution in [2.24, 2.45) is 0 Å². The van der Waals surface area contributed by atoms with Crippen molar-refractivity contribution in [3.05, 3.63) is 68.5 Å². The largest absolute Gasteiger partial charge is 0.506 e. The lowest BCUT2D eigenvalue weighted by Gasteiger charge is -2.14. The Morgan fingerprint density at radius 3 is 2.56 bits per heavy atom. The molecular formula is C18H14BrN3O5. The molecule has 0 aliphatic carbocycles. The zero-order valence-electron chi connectivity index (χ0n) is 13.8. The standard InChI is InChI=1S/C18H14BrN3O5/c19-11-5-3-10(4-6-11)9-22-16-12(2-1-7-20-16)15(25)14(18(22)27)17(26)21-8-13(23)24/h1-7,25H,8-9H2,(H,21,26)(H,23,24). The number of fused-ring (bicyclic) bond motifs is 1. The Bertz CT molecular complexity index is 1090. The van der Waals surface area contributed by atoms with Crippen LogP contribution in [0.2, 0.25) is 0 Å². The number of amides is 1. The molecule has 0 saturated heterocycles. The van der Waals surface area contributed by atoms with Gasteiger partial charge in [-0.05, 0) is 29.8 Å². The van der Waals surface area contributed by atoms with Gasteiger partial charge in [-0.15, -0.1) is 0 Å². The normalized spacial score (nSPS) is 10.7. The summed E-state index contributed by atoms with van der Waals surface area (Å²) in [5, 5.41) is 21.5. The van der Waals surface area contributed by atoms with Crippen molar-refractivity contribution in [2.45, 2.75) is 6.54 Å². The van der Waals surface area contributed by atoms with Gasteiger partial charge < -0.3 is 15.5 Å². The van der Waals surface area contributed by atoms with Gasteiger partial charge in [0.2, 0.25) is 0 Å². The van der Waals surface area contributed by atoms with Crippen molar-refractivity contribution in [1.82, 2.24) is 14.9 Å². The summed E-state index contributed by atoms with van der Waals surface area (Å²) < 4.78 is 2.15. The zero-order chi connectivity index (χ0) is 19.6. The number of nitrogens with one attached hydrogen (secondary N) is 1. The van der Waals surface area contributed by atoms with Crippen molar-refractivity contribution in [3.63, 3.8) is 0 Å². The average molecular weight is 432 g/mol. The molecule has 9 heteroatoms. The topological polar surface area (TPSA) is 122 Å². The Hall–Kier alpha value is -3.20. The van der Waals surface area contributed by atoms with Gasteiger partial charge in [-0.3, -0.25) is 19.0 Å². The summed E-state index contributed by atoms with van der Waals surface area (Å²) in [6, 6.07) is 10.3. The summed E-state index contributed by atoms with van der Waals surface area (Å²) in [5.41, 5.74) is -0.272. The highest BCUT2D eigenvalue weighted by molar-refractivity contribution is 9.10. The van der Waals surface area contributed by atoms with Gasteiger partial charge in [0.1, 0.15) is 23.5 Å². The van der Waals surface area contributed by atoms with Gasteiger partial charge in [0.15, 0.2) is 0 Å². The maximum Gasteiger partial charge on any atom is 0.322 e. The molecule has 0 fully saturated rings. The Balaban J connectivity index is 2.16. The van der Waals surface area contributed by atoms with Crippen LogP contribution in [0.3, 0.4) is 0 Å². The molecule has 138 valence electrons. The number of halogens is 1. The first-order valence-corrected chi connectivity index (χ1v) is 8.62. The van der Waals surface area contributed by atoms with E-state index in [1.165, 1.54) is 16.8 Å². The van der Waals surface area contributed by atoms with Crippen LogP contribution in [0.25, 0.3) is 11.0 Å². The molecular weight excluding hydrogens is 418 g/mol. The van der Waals surface area contributed by atoms with E-state index < -0.39 is 35.3 Å². The minimum absolute atomic E-state index is 0.124. The third-order valence-corrected chi connectivity index (χ3v) is 4.40. The van der Waals surface area contributed by atoms with E-state index >= 15 is 0 Å². The zero-order valence-corrected chi connectivity index (χ0v) is 15.4. The molecule has 8 nitrogen and oxygen atoms in total. The number of aliphatic carboxylic acids is 1. The molecule has 27 heavy (non-hydrogen) atoms. The first-order valence-electron chi connectivity index (χ1n) is 7.83. The number of carboxylic acid groups (broad SMARTS) is 1. The molecule has 0 unspecified atom stereocenters. The third kappa shape index (κ3) is 3.82. The van der Waals surface area contributed by atoms with Crippen LogP contribution in [-0.4, -0.2) is 38.2 Å². The lowest BCUT2D eigenvalue weighted by Crippen LogP contribution is -2.36. The second-order valence-electron chi connectivity index (χ2n) is 5.69. The molecule has 3 N–H and O–H groups in total. The predicted octanol–water partition coefficient (Wildman–Crippen LogP) is 1.73. The van der Waals surface area contributed by atoms with Crippen LogP contribution in [0, 0.1) is 0 Å². The van der Waals surface area contributed by atoms with Crippen molar-refractivity contribution < 1.29 is 19.8 Å². The molecule has 2 aromatic heterocycles. The molecule has 0 saturated carbocycles. The first kappa shape index (κ1) is 18.6. The summed E-state index contributed by atoms with van der Waals surface area (Å²) in [4.78, 5) is 40.1. The van der Waals surface area contributed by atoms with Gasteiger partial charge in [-0.2, -0.15) is 0 Å². The molecule has 3 aromatic rings. The number of pyridine rings is 2. The Morgan fingerprint density at radius 1 is 1.19 bits per heavy atom. The minimum atomic E-state index is -1.26. The molecule has 0 spiro atoms. The fraction of sp³-hybridized carbons (Fsp3) is 0.111. The minimum Gasteiger partial charge on any atom is -0.506 e. The quantitative estimate of drug-likeness (QED) is 0.565. The van der Waals surface area contributed by atoms with Gasteiger partial charge in [0.25, 0.3) is 11.5 Å². The van der Waals surface area contributed by atoms with E-state index in [1.54, 1.807) is 6.07 Å². The Morgan fingerprint density at radius 2 is 1.89 bits per heavy atom. The smallest absolute Gasteiger partial charge is 0.322 e. The molecule has 0 radical (unpaired) electrons. The van der Waals surface area contributed by atoms with E-state index in [-0.39, 0.29) is 17.6 Å². The predicted molar refractivity (Wildman–Crippen MR) is 101 cm³/mol. The highest BCUT2D eigenvalue weighted by atomic mass is 79.9. The van der Waals surface area contributed by atoms with Crippen molar-refractivity contribution >= 4 is 38.8 Å². The third-order valence-electron chi connectivity index (χ3n) is 3.87. The summed E-state index contributed by atoms with van der Waals surface area (Å²) >= 11 is 3.34. The van der Waals surface area contributed by atoms with Gasteiger partial charge in [-0.25, -0.2) is 4.98 Å². The summed E-state index contributed by atoms with van der Waals surface area (Å²) in [7, 11) is 0. The summed E-state index contributed by atoms with van der Waals surface area (Å²) in [6.45, 7) is -0.547. The van der Waals surface area contributed by atoms with Crippen LogP contribution in [0.5, 0.6) is 5.75 Å². The fourth-order valence-corrected chi connectivity index (χ4v) is 2.90. The van der Waals surface area contributed by atoms with Crippen LogP contribution in [0.4, 0.5) is 0 Å². The second-order valence-corrected chi connectivity index (χ2v) is 6.61. The Kier molecular flexibility index (Phi) is 5.22. The van der Waals surface area contributed by atoms with E-state index in [0.29, 0.717) is 0 Å². The molecule has 1 aromatic carbocycles. The molecule has 1 amide bonds. The number of rotatable bonds is 5. The fourth-order valence-electron chi connectivity index (χ4n) is 2.63. The number of carbonyl (C=O) groups excluding carboxylic acids is 1. The monoisotopic (exact) mass is 431 g/mol. The van der Waals surface area contributed by atoms with E-state index in [2.05, 4.69) is 26.2 Å². The summed E-state index contributed by atoms with van der Waals surface area (Å²) in [6.07, 6.45) is 1.48. The van der Waals surface area contributed by atoms with Crippen LogP contribution in [0.15, 0.2) is 51.9 Å². The lowest BCUT2D eigenvalue weighted by molar-refractivity contribution is -0.135. The van der Waals surface area contributed by atoms with E-state index in [0.717, 1.165) is 10.0 Å². The van der Waals surface area contributed by atoms with Gasteiger partial charge in [0, 0.05) is 10.7 Å². The molecule has 0 aliphatic rings. The number of hydrogen-bond donors (Lipinski definition) is 3.